The summed E-state index contributed by atoms with van der Waals surface area (Å²) >= 11 is 6.50. The molecule has 2 aromatic heterocycles. The van der Waals surface area contributed by atoms with Crippen molar-refractivity contribution in [1.82, 2.24) is 25.2 Å². The summed E-state index contributed by atoms with van der Waals surface area (Å²) in [6, 6.07) is 10.1. The van der Waals surface area contributed by atoms with E-state index in [1.165, 1.54) is 22.8 Å². The molecule has 5 N–H and O–H groups in total. The highest BCUT2D eigenvalue weighted by molar-refractivity contribution is 7.91. The third-order valence-electron chi connectivity index (χ3n) is 7.59. The first-order chi connectivity index (χ1) is 21.7. The minimum atomic E-state index is -4.60. The zero-order chi connectivity index (χ0) is 33.4. The molecular weight excluding hydrogens is 651 g/mol. The molecule has 0 saturated carbocycles. The molecule has 4 amide bonds. The summed E-state index contributed by atoms with van der Waals surface area (Å²) in [4.78, 5) is 43.6. The van der Waals surface area contributed by atoms with Crippen LogP contribution in [0.2, 0.25) is 5.02 Å². The van der Waals surface area contributed by atoms with Crippen molar-refractivity contribution in [2.24, 2.45) is 5.73 Å². The van der Waals surface area contributed by atoms with Crippen molar-refractivity contribution < 1.29 is 36.0 Å². The normalized spacial score (nSPS) is 15.7. The molecule has 0 bridgehead atoms. The van der Waals surface area contributed by atoms with Gasteiger partial charge in [0.05, 0.1) is 22.8 Å². The Bertz CT molecular complexity index is 1950. The molecule has 0 spiro atoms. The first kappa shape index (κ1) is 32.7. The van der Waals surface area contributed by atoms with E-state index in [-0.39, 0.29) is 47.7 Å². The van der Waals surface area contributed by atoms with Crippen molar-refractivity contribution in [1.29, 1.82) is 0 Å². The number of carbonyl (C=O) groups excluding carboxylic acids is 3. The van der Waals surface area contributed by atoms with Crippen LogP contribution in [0.25, 0.3) is 28.0 Å². The summed E-state index contributed by atoms with van der Waals surface area (Å²) < 4.78 is 65.6. The minimum Gasteiger partial charge on any atom is -0.368 e. The molecule has 0 aliphatic carbocycles. The fraction of sp³-hybridized carbons (Fsp3) is 0.276. The zero-order valence-electron chi connectivity index (χ0n) is 24.1. The fourth-order valence-corrected chi connectivity index (χ4v) is 6.93. The Kier molecular flexibility index (Phi) is 8.70. The number of aromatic nitrogens is 3. The van der Waals surface area contributed by atoms with Crippen LogP contribution in [0, 0.1) is 0 Å². The van der Waals surface area contributed by atoms with Gasteiger partial charge in [-0.15, -0.1) is 5.10 Å². The Morgan fingerprint density at radius 1 is 1.04 bits per heavy atom. The van der Waals surface area contributed by atoms with Gasteiger partial charge in [-0.2, -0.15) is 13.2 Å². The highest BCUT2D eigenvalue weighted by Gasteiger charge is 2.44. The number of sulfone groups is 1. The van der Waals surface area contributed by atoms with Gasteiger partial charge < -0.3 is 16.4 Å². The lowest BCUT2D eigenvalue weighted by Crippen LogP contribution is -2.61. The fourth-order valence-electron chi connectivity index (χ4n) is 5.17. The van der Waals surface area contributed by atoms with Gasteiger partial charge >= 0.3 is 12.2 Å². The van der Waals surface area contributed by atoms with E-state index in [0.717, 1.165) is 12.1 Å². The van der Waals surface area contributed by atoms with E-state index in [1.54, 1.807) is 31.2 Å². The van der Waals surface area contributed by atoms with Crippen molar-refractivity contribution in [2.75, 3.05) is 23.4 Å². The topological polar surface area (TPSA) is 178 Å². The van der Waals surface area contributed by atoms with Gasteiger partial charge in [0.2, 0.25) is 5.91 Å². The summed E-state index contributed by atoms with van der Waals surface area (Å²) in [5.74, 6) is -3.00. The summed E-state index contributed by atoms with van der Waals surface area (Å²) in [5, 5.41) is 12.3. The van der Waals surface area contributed by atoms with E-state index < -0.39 is 56.5 Å². The smallest absolute Gasteiger partial charge is 0.368 e. The Hall–Kier alpha value is -4.70. The van der Waals surface area contributed by atoms with Crippen LogP contribution in [0.3, 0.4) is 0 Å². The third-order valence-corrected chi connectivity index (χ3v) is 9.58. The highest BCUT2D eigenvalue weighted by Crippen LogP contribution is 2.39. The van der Waals surface area contributed by atoms with Crippen LogP contribution in [-0.2, 0) is 20.8 Å². The standard InChI is InChI=1S/C29H27ClF3N7O5S/c1-2-35-27(43)37-23-21(25(41)38-28(26(34)42)11-13-46(44,45)14-12-28)24-36-15-19(18-5-3-4-6-20(18)30)22(40(24)39-23)16-7-9-17(10-8-16)29(31,32)33/h3-10,15H,2,11-14H2,1H3,(H2,34,42)(H,38,41)(H2,35,37,39,43). The van der Waals surface area contributed by atoms with Crippen molar-refractivity contribution in [2.45, 2.75) is 31.5 Å². The number of nitrogens with one attached hydrogen (secondary N) is 3. The van der Waals surface area contributed by atoms with Crippen LogP contribution in [-0.4, -0.2) is 64.5 Å². The number of anilines is 1. The number of urea groups is 1. The number of hydrogen-bond donors (Lipinski definition) is 4. The highest BCUT2D eigenvalue weighted by atomic mass is 35.5. The van der Waals surface area contributed by atoms with E-state index in [9.17, 15) is 36.0 Å². The van der Waals surface area contributed by atoms with Gasteiger partial charge in [0, 0.05) is 34.5 Å². The first-order valence-corrected chi connectivity index (χ1v) is 16.1. The van der Waals surface area contributed by atoms with Gasteiger partial charge in [-0.1, -0.05) is 41.9 Å². The van der Waals surface area contributed by atoms with Crippen molar-refractivity contribution in [3.05, 3.63) is 70.9 Å². The number of amides is 4. The lowest BCUT2D eigenvalue weighted by molar-refractivity contribution is -0.137. The average Bonchev–Trinajstić information content (AvgIpc) is 3.35. The molecule has 12 nitrogen and oxygen atoms in total. The Morgan fingerprint density at radius 2 is 1.70 bits per heavy atom. The number of rotatable bonds is 7. The predicted octanol–water partition coefficient (Wildman–Crippen LogP) is 4.04. The predicted molar refractivity (Wildman–Crippen MR) is 164 cm³/mol. The number of primary amides is 1. The second-order valence-electron chi connectivity index (χ2n) is 10.6. The van der Waals surface area contributed by atoms with Gasteiger partial charge in [0.15, 0.2) is 21.3 Å². The van der Waals surface area contributed by atoms with Crippen LogP contribution < -0.4 is 21.7 Å². The van der Waals surface area contributed by atoms with Gasteiger partial charge in [-0.3, -0.25) is 14.9 Å². The molecule has 242 valence electrons. The molecule has 0 unspecified atom stereocenters. The molecule has 5 rings (SSSR count). The maximum atomic E-state index is 14.0. The molecule has 46 heavy (non-hydrogen) atoms. The molecule has 1 aliphatic rings. The van der Waals surface area contributed by atoms with Gasteiger partial charge in [-0.25, -0.2) is 22.7 Å². The largest absolute Gasteiger partial charge is 0.416 e. The quantitative estimate of drug-likeness (QED) is 0.228. The number of hydrogen-bond acceptors (Lipinski definition) is 7. The van der Waals surface area contributed by atoms with Gasteiger partial charge in [-0.05, 0) is 38.0 Å². The molecule has 4 aromatic rings. The third kappa shape index (κ3) is 6.35. The van der Waals surface area contributed by atoms with E-state index in [1.807, 2.05) is 0 Å². The molecule has 0 atom stereocenters. The SMILES string of the molecule is CCNC(=O)Nc1nn2c(-c3ccc(C(F)(F)F)cc3)c(-c3ccccc3Cl)cnc2c1C(=O)NC1(C(N)=O)CCS(=O)(=O)CC1. The molecule has 2 aromatic carbocycles. The second kappa shape index (κ2) is 12.2. The number of nitrogens with zero attached hydrogens (tertiary/aromatic N) is 3. The Labute approximate surface area is 265 Å². The molecular formula is C29H27ClF3N7O5S. The summed E-state index contributed by atoms with van der Waals surface area (Å²) in [6.07, 6.45) is -3.81. The van der Waals surface area contributed by atoms with Gasteiger partial charge in [0.25, 0.3) is 5.91 Å². The van der Waals surface area contributed by atoms with Crippen molar-refractivity contribution >= 4 is 50.7 Å². The van der Waals surface area contributed by atoms with Crippen molar-refractivity contribution in [3.63, 3.8) is 0 Å². The summed E-state index contributed by atoms with van der Waals surface area (Å²) in [5.41, 5.74) is 3.77. The summed E-state index contributed by atoms with van der Waals surface area (Å²) in [7, 11) is -3.46. The number of alkyl halides is 3. The molecule has 0 radical (unpaired) electrons. The minimum absolute atomic E-state index is 0.141. The van der Waals surface area contributed by atoms with E-state index >= 15 is 0 Å². The van der Waals surface area contributed by atoms with Crippen LogP contribution >= 0.6 is 11.6 Å². The maximum absolute atomic E-state index is 14.0. The number of nitrogens with two attached hydrogens (primary N) is 1. The van der Waals surface area contributed by atoms with Crippen molar-refractivity contribution in [3.8, 4) is 22.4 Å². The number of carbonyl (C=O) groups is 3. The van der Waals surface area contributed by atoms with E-state index in [4.69, 9.17) is 17.3 Å². The molecule has 1 saturated heterocycles. The van der Waals surface area contributed by atoms with E-state index in [0.29, 0.717) is 16.1 Å². The van der Waals surface area contributed by atoms with Crippen LogP contribution in [0.5, 0.6) is 0 Å². The lowest BCUT2D eigenvalue weighted by atomic mass is 9.91. The summed E-state index contributed by atoms with van der Waals surface area (Å²) in [6.45, 7) is 1.87. The lowest BCUT2D eigenvalue weighted by Gasteiger charge is -2.34. The Balaban J connectivity index is 1.74. The molecule has 17 heteroatoms. The number of halogens is 4. The monoisotopic (exact) mass is 677 g/mol. The molecule has 1 aliphatic heterocycles. The number of fused-ring (bicyclic) bond motifs is 1. The zero-order valence-corrected chi connectivity index (χ0v) is 25.7. The van der Waals surface area contributed by atoms with Crippen LogP contribution in [0.1, 0.15) is 35.7 Å². The second-order valence-corrected chi connectivity index (χ2v) is 13.3. The molecule has 1 fully saturated rings. The maximum Gasteiger partial charge on any atom is 0.416 e. The Morgan fingerprint density at radius 3 is 2.28 bits per heavy atom. The molecule has 3 heterocycles. The van der Waals surface area contributed by atoms with Gasteiger partial charge in [0.1, 0.15) is 11.1 Å². The average molecular weight is 678 g/mol. The van der Waals surface area contributed by atoms with Crippen LogP contribution in [0.4, 0.5) is 23.8 Å². The van der Waals surface area contributed by atoms with E-state index in [2.05, 4.69) is 26.0 Å². The van der Waals surface area contributed by atoms with Crippen LogP contribution in [0.15, 0.2) is 54.7 Å². The first-order valence-electron chi connectivity index (χ1n) is 13.9. The number of benzene rings is 2.